The van der Waals surface area contributed by atoms with Gasteiger partial charge in [0.25, 0.3) is 0 Å². The van der Waals surface area contributed by atoms with E-state index in [0.717, 1.165) is 47.9 Å². The molecule has 0 aliphatic carbocycles. The number of piperidine rings is 1. The van der Waals surface area contributed by atoms with Gasteiger partial charge in [-0.15, -0.1) is 0 Å². The fourth-order valence-corrected chi connectivity index (χ4v) is 3.66. The maximum atomic E-state index is 12.7. The molecule has 1 N–H and O–H groups in total. The Balaban J connectivity index is 1.42. The molecule has 3 heterocycles. The Morgan fingerprint density at radius 2 is 2.03 bits per heavy atom. The summed E-state index contributed by atoms with van der Waals surface area (Å²) in [5.74, 6) is 1.65. The van der Waals surface area contributed by atoms with E-state index in [0.29, 0.717) is 13.1 Å². The molecule has 3 aromatic rings. The van der Waals surface area contributed by atoms with Crippen LogP contribution in [0.4, 0.5) is 5.82 Å². The highest BCUT2D eigenvalue weighted by molar-refractivity contribution is 5.79. The van der Waals surface area contributed by atoms with Crippen LogP contribution in [0, 0.1) is 5.92 Å². The third-order valence-electron chi connectivity index (χ3n) is 5.32. The fraction of sp³-hybridized carbons (Fsp3) is 0.304. The molecule has 1 unspecified atom stereocenters. The van der Waals surface area contributed by atoms with Gasteiger partial charge in [-0.2, -0.15) is 0 Å². The minimum absolute atomic E-state index is 0.0646. The van der Waals surface area contributed by atoms with Crippen molar-refractivity contribution >= 4 is 11.7 Å². The summed E-state index contributed by atoms with van der Waals surface area (Å²) in [6.07, 6.45) is 5.14. The van der Waals surface area contributed by atoms with E-state index in [1.165, 1.54) is 0 Å². The average molecular weight is 403 g/mol. The van der Waals surface area contributed by atoms with Crippen LogP contribution >= 0.6 is 0 Å². The molecule has 7 nitrogen and oxygen atoms in total. The molecule has 1 saturated heterocycles. The van der Waals surface area contributed by atoms with Crippen molar-refractivity contribution in [1.82, 2.24) is 20.3 Å². The summed E-state index contributed by atoms with van der Waals surface area (Å²) in [6, 6.07) is 15.5. The van der Waals surface area contributed by atoms with Crippen LogP contribution in [0.15, 0.2) is 61.1 Å². The molecule has 154 valence electrons. The van der Waals surface area contributed by atoms with Gasteiger partial charge in [0.2, 0.25) is 5.91 Å². The molecule has 30 heavy (non-hydrogen) atoms. The maximum Gasteiger partial charge on any atom is 0.225 e. The zero-order chi connectivity index (χ0) is 20.8. The average Bonchev–Trinajstić information content (AvgIpc) is 2.83. The monoisotopic (exact) mass is 403 g/mol. The van der Waals surface area contributed by atoms with Crippen LogP contribution in [0.2, 0.25) is 0 Å². The van der Waals surface area contributed by atoms with Crippen molar-refractivity contribution < 1.29 is 9.53 Å². The summed E-state index contributed by atoms with van der Waals surface area (Å²) in [6.45, 7) is 1.97. The lowest BCUT2D eigenvalue weighted by atomic mass is 9.97. The van der Waals surface area contributed by atoms with Crippen molar-refractivity contribution in [3.05, 3.63) is 66.7 Å². The number of aromatic nitrogens is 3. The SMILES string of the molecule is COc1ccc(-c2cc(N3CCCC(C(=O)NCc4ccccn4)C3)ncn2)cc1. The molecule has 1 atom stereocenters. The quantitative estimate of drug-likeness (QED) is 0.681. The highest BCUT2D eigenvalue weighted by Gasteiger charge is 2.26. The molecule has 0 spiro atoms. The molecule has 0 bridgehead atoms. The van der Waals surface area contributed by atoms with E-state index >= 15 is 0 Å². The lowest BCUT2D eigenvalue weighted by Crippen LogP contribution is -2.43. The number of ether oxygens (including phenoxy) is 1. The minimum atomic E-state index is -0.0677. The molecule has 0 radical (unpaired) electrons. The summed E-state index contributed by atoms with van der Waals surface area (Å²) in [5.41, 5.74) is 2.71. The van der Waals surface area contributed by atoms with Gasteiger partial charge >= 0.3 is 0 Å². The molecule has 7 heteroatoms. The number of hydrogen-bond donors (Lipinski definition) is 1. The Bertz CT molecular complexity index is 978. The number of benzene rings is 1. The molecule has 1 aliphatic heterocycles. The van der Waals surface area contributed by atoms with Crippen molar-refractivity contribution in [3.8, 4) is 17.0 Å². The van der Waals surface area contributed by atoms with Gasteiger partial charge < -0.3 is 15.0 Å². The number of carbonyl (C=O) groups is 1. The fourth-order valence-electron chi connectivity index (χ4n) is 3.66. The number of methoxy groups -OCH3 is 1. The standard InChI is InChI=1S/C23H25N5O2/c1-30-20-9-7-17(8-10-20)21-13-22(27-16-26-21)28-12-4-5-18(15-28)23(29)25-14-19-6-2-3-11-24-19/h2-3,6-11,13,16,18H,4-5,12,14-15H2,1H3,(H,25,29). The Morgan fingerprint density at radius 3 is 2.80 bits per heavy atom. The first-order valence-electron chi connectivity index (χ1n) is 10.1. The first kappa shape index (κ1) is 19.8. The number of nitrogens with zero attached hydrogens (tertiary/aromatic N) is 4. The third kappa shape index (κ3) is 4.74. The Hall–Kier alpha value is -3.48. The van der Waals surface area contributed by atoms with Gasteiger partial charge in [-0.25, -0.2) is 9.97 Å². The summed E-state index contributed by atoms with van der Waals surface area (Å²) in [7, 11) is 1.65. The van der Waals surface area contributed by atoms with Crippen LogP contribution in [0.3, 0.4) is 0 Å². The number of carbonyl (C=O) groups excluding carboxylic acids is 1. The van der Waals surface area contributed by atoms with Gasteiger partial charge in [-0.1, -0.05) is 6.07 Å². The molecular formula is C23H25N5O2. The smallest absolute Gasteiger partial charge is 0.225 e. The second-order valence-electron chi connectivity index (χ2n) is 7.31. The molecule has 0 saturated carbocycles. The van der Waals surface area contributed by atoms with Crippen molar-refractivity contribution in [2.24, 2.45) is 5.92 Å². The molecule has 4 rings (SSSR count). The number of nitrogens with one attached hydrogen (secondary N) is 1. The number of hydrogen-bond acceptors (Lipinski definition) is 6. The summed E-state index contributed by atoms with van der Waals surface area (Å²) < 4.78 is 5.22. The van der Waals surface area contributed by atoms with E-state index in [4.69, 9.17) is 4.74 Å². The molecular weight excluding hydrogens is 378 g/mol. The van der Waals surface area contributed by atoms with E-state index in [-0.39, 0.29) is 11.8 Å². The van der Waals surface area contributed by atoms with Crippen LogP contribution in [-0.2, 0) is 11.3 Å². The van der Waals surface area contributed by atoms with Gasteiger partial charge in [-0.3, -0.25) is 9.78 Å². The Kier molecular flexibility index (Phi) is 6.17. The maximum absolute atomic E-state index is 12.7. The second-order valence-corrected chi connectivity index (χ2v) is 7.31. The minimum Gasteiger partial charge on any atom is -0.497 e. The van der Waals surface area contributed by atoms with Gasteiger partial charge in [0.15, 0.2) is 0 Å². The number of amides is 1. The zero-order valence-electron chi connectivity index (χ0n) is 17.0. The van der Waals surface area contributed by atoms with Crippen molar-refractivity contribution in [2.75, 3.05) is 25.1 Å². The van der Waals surface area contributed by atoms with Crippen LogP contribution in [-0.4, -0.2) is 41.1 Å². The largest absolute Gasteiger partial charge is 0.497 e. The second kappa shape index (κ2) is 9.35. The van der Waals surface area contributed by atoms with E-state index in [1.54, 1.807) is 19.6 Å². The lowest BCUT2D eigenvalue weighted by Gasteiger charge is -2.33. The summed E-state index contributed by atoms with van der Waals surface area (Å²) in [4.78, 5) is 28.0. The summed E-state index contributed by atoms with van der Waals surface area (Å²) in [5, 5.41) is 3.02. The Labute approximate surface area is 176 Å². The van der Waals surface area contributed by atoms with Crippen molar-refractivity contribution in [2.45, 2.75) is 19.4 Å². The van der Waals surface area contributed by atoms with E-state index in [1.807, 2.05) is 48.5 Å². The molecule has 2 aromatic heterocycles. The number of anilines is 1. The van der Waals surface area contributed by atoms with E-state index in [2.05, 4.69) is 25.2 Å². The van der Waals surface area contributed by atoms with E-state index in [9.17, 15) is 4.79 Å². The van der Waals surface area contributed by atoms with Gasteiger partial charge in [0.05, 0.1) is 31.0 Å². The van der Waals surface area contributed by atoms with Gasteiger partial charge in [0.1, 0.15) is 17.9 Å². The number of pyridine rings is 1. The van der Waals surface area contributed by atoms with Gasteiger partial charge in [0, 0.05) is 30.9 Å². The predicted octanol–water partition coefficient (Wildman–Crippen LogP) is 3.08. The topological polar surface area (TPSA) is 80.2 Å². The molecule has 1 aliphatic rings. The lowest BCUT2D eigenvalue weighted by molar-refractivity contribution is -0.125. The summed E-state index contributed by atoms with van der Waals surface area (Å²) >= 11 is 0. The van der Waals surface area contributed by atoms with Crippen molar-refractivity contribution in [1.29, 1.82) is 0 Å². The Morgan fingerprint density at radius 1 is 1.17 bits per heavy atom. The molecule has 1 aromatic carbocycles. The first-order chi connectivity index (χ1) is 14.7. The van der Waals surface area contributed by atoms with Crippen molar-refractivity contribution in [3.63, 3.8) is 0 Å². The van der Waals surface area contributed by atoms with Gasteiger partial charge in [-0.05, 0) is 49.2 Å². The van der Waals surface area contributed by atoms with Crippen LogP contribution in [0.5, 0.6) is 5.75 Å². The molecule has 1 fully saturated rings. The molecule has 1 amide bonds. The van der Waals surface area contributed by atoms with E-state index < -0.39 is 0 Å². The first-order valence-corrected chi connectivity index (χ1v) is 10.1. The zero-order valence-corrected chi connectivity index (χ0v) is 17.0. The highest BCUT2D eigenvalue weighted by atomic mass is 16.5. The predicted molar refractivity (Wildman–Crippen MR) is 115 cm³/mol. The number of rotatable bonds is 6. The van der Waals surface area contributed by atoms with Crippen LogP contribution in [0.25, 0.3) is 11.3 Å². The van der Waals surface area contributed by atoms with Crippen LogP contribution in [0.1, 0.15) is 18.5 Å². The third-order valence-corrected chi connectivity index (χ3v) is 5.32. The highest BCUT2D eigenvalue weighted by Crippen LogP contribution is 2.26. The van der Waals surface area contributed by atoms with Crippen LogP contribution < -0.4 is 15.0 Å². The normalized spacial score (nSPS) is 16.2.